The average Bonchev–Trinajstić information content (AvgIpc) is 3.29. The van der Waals surface area contributed by atoms with Crippen molar-refractivity contribution in [1.29, 1.82) is 0 Å². The molecule has 2 N–H and O–H groups in total. The van der Waals surface area contributed by atoms with E-state index in [-0.39, 0.29) is 0 Å². The van der Waals surface area contributed by atoms with Gasteiger partial charge in [-0.2, -0.15) is 0 Å². The second kappa shape index (κ2) is 6.04. The fraction of sp³-hybridized carbons (Fsp3) is 1.00. The van der Waals surface area contributed by atoms with Crippen molar-refractivity contribution in [2.24, 2.45) is 16.7 Å². The van der Waals surface area contributed by atoms with Gasteiger partial charge in [0.15, 0.2) is 0 Å². The van der Waals surface area contributed by atoms with E-state index in [1.807, 2.05) is 0 Å². The lowest BCUT2D eigenvalue weighted by molar-refractivity contribution is -0.0321. The molecule has 2 saturated heterocycles. The molecule has 4 nitrogen and oxygen atoms in total. The number of nitrogens with zero attached hydrogens (tertiary/aromatic N) is 2. The van der Waals surface area contributed by atoms with Gasteiger partial charge in [-0.05, 0) is 62.9 Å². The van der Waals surface area contributed by atoms with E-state index in [4.69, 9.17) is 0 Å². The number of piperidine rings is 1. The fourth-order valence-corrected chi connectivity index (χ4v) is 5.16. The van der Waals surface area contributed by atoms with Gasteiger partial charge in [0, 0.05) is 51.3 Å². The smallest absolute Gasteiger partial charge is 0.0499 e. The van der Waals surface area contributed by atoms with E-state index in [1.54, 1.807) is 0 Å². The lowest BCUT2D eigenvalue weighted by Crippen LogP contribution is -2.52. The summed E-state index contributed by atoms with van der Waals surface area (Å²) in [7, 11) is 0. The minimum Gasteiger partial charge on any atom is -0.396 e. The van der Waals surface area contributed by atoms with Gasteiger partial charge in [0.2, 0.25) is 0 Å². The molecule has 2 aliphatic carbocycles. The Morgan fingerprint density at radius 1 is 0.909 bits per heavy atom. The van der Waals surface area contributed by atoms with Gasteiger partial charge >= 0.3 is 0 Å². The number of piperazine rings is 1. The molecule has 2 aliphatic heterocycles. The van der Waals surface area contributed by atoms with Crippen LogP contribution in [0.25, 0.3) is 0 Å². The Labute approximate surface area is 135 Å². The van der Waals surface area contributed by atoms with Crippen LogP contribution in [0.4, 0.5) is 0 Å². The van der Waals surface area contributed by atoms with Gasteiger partial charge in [0.05, 0.1) is 0 Å². The second-order valence-corrected chi connectivity index (χ2v) is 8.76. The first-order chi connectivity index (χ1) is 10.7. The van der Waals surface area contributed by atoms with E-state index < -0.39 is 0 Å². The molecule has 2 saturated carbocycles. The van der Waals surface area contributed by atoms with Crippen LogP contribution in [0.2, 0.25) is 0 Å². The molecule has 0 aromatic heterocycles. The largest absolute Gasteiger partial charge is 0.396 e. The molecule has 1 spiro atoms. The summed E-state index contributed by atoms with van der Waals surface area (Å²) in [6.07, 6.45) is 8.28. The molecule has 126 valence electrons. The molecule has 0 amide bonds. The van der Waals surface area contributed by atoms with Gasteiger partial charge in [-0.1, -0.05) is 0 Å². The first-order valence-corrected chi connectivity index (χ1v) is 9.47. The zero-order chi connectivity index (χ0) is 15.0. The predicted octanol–water partition coefficient (Wildman–Crippen LogP) is 1.16. The van der Waals surface area contributed by atoms with E-state index in [1.165, 1.54) is 84.3 Å². The number of aliphatic hydroxyl groups excluding tert-OH is 1. The van der Waals surface area contributed by atoms with Crippen molar-refractivity contribution in [1.82, 2.24) is 15.1 Å². The molecule has 0 unspecified atom stereocenters. The summed E-state index contributed by atoms with van der Waals surface area (Å²) in [4.78, 5) is 5.30. The van der Waals surface area contributed by atoms with E-state index in [0.29, 0.717) is 17.4 Å². The molecule has 4 heteroatoms. The number of hydrogen-bond donors (Lipinski definition) is 2. The first kappa shape index (κ1) is 15.4. The summed E-state index contributed by atoms with van der Waals surface area (Å²) in [6, 6.07) is 0. The van der Waals surface area contributed by atoms with Gasteiger partial charge < -0.3 is 20.2 Å². The Morgan fingerprint density at radius 2 is 1.59 bits per heavy atom. The zero-order valence-electron chi connectivity index (χ0n) is 14.0. The fourth-order valence-electron chi connectivity index (χ4n) is 5.16. The molecule has 0 aromatic rings. The van der Waals surface area contributed by atoms with Crippen molar-refractivity contribution in [3.8, 4) is 0 Å². The highest BCUT2D eigenvalue weighted by Crippen LogP contribution is 2.53. The van der Waals surface area contributed by atoms with Crippen LogP contribution in [-0.4, -0.2) is 73.9 Å². The van der Waals surface area contributed by atoms with Crippen LogP contribution in [-0.2, 0) is 0 Å². The van der Waals surface area contributed by atoms with Crippen LogP contribution in [0.5, 0.6) is 0 Å². The summed E-state index contributed by atoms with van der Waals surface area (Å²) < 4.78 is 0. The Hall–Kier alpha value is -0.160. The number of hydrogen-bond acceptors (Lipinski definition) is 4. The lowest BCUT2D eigenvalue weighted by atomic mass is 9.57. The third kappa shape index (κ3) is 3.21. The van der Waals surface area contributed by atoms with Gasteiger partial charge in [-0.3, -0.25) is 0 Å². The summed E-state index contributed by atoms with van der Waals surface area (Å²) >= 11 is 0. The van der Waals surface area contributed by atoms with Crippen molar-refractivity contribution in [2.75, 3.05) is 59.0 Å². The van der Waals surface area contributed by atoms with Crippen LogP contribution < -0.4 is 5.32 Å². The molecular formula is C18H33N3O. The molecule has 4 fully saturated rings. The molecule has 0 radical (unpaired) electrons. The Balaban J connectivity index is 1.18. The van der Waals surface area contributed by atoms with Crippen LogP contribution in [0.1, 0.15) is 38.5 Å². The summed E-state index contributed by atoms with van der Waals surface area (Å²) in [5.74, 6) is 0.969. The first-order valence-electron chi connectivity index (χ1n) is 9.47. The topological polar surface area (TPSA) is 38.7 Å². The molecule has 0 aromatic carbocycles. The molecule has 4 rings (SSSR count). The SMILES string of the molecule is OCC1(CN2CCC3(CC2)CC(CN2CCNCC2)C3)CC1. The third-order valence-electron chi connectivity index (χ3n) is 6.94. The zero-order valence-corrected chi connectivity index (χ0v) is 14.0. The van der Waals surface area contributed by atoms with Crippen LogP contribution in [0, 0.1) is 16.7 Å². The van der Waals surface area contributed by atoms with Crippen molar-refractivity contribution in [2.45, 2.75) is 38.5 Å². The highest BCUT2D eigenvalue weighted by Gasteiger charge is 2.48. The Morgan fingerprint density at radius 3 is 2.18 bits per heavy atom. The van der Waals surface area contributed by atoms with Crippen LogP contribution >= 0.6 is 0 Å². The van der Waals surface area contributed by atoms with Crippen molar-refractivity contribution < 1.29 is 5.11 Å². The molecule has 22 heavy (non-hydrogen) atoms. The summed E-state index contributed by atoms with van der Waals surface area (Å²) in [5, 5.41) is 13.0. The van der Waals surface area contributed by atoms with Gasteiger partial charge in [0.25, 0.3) is 0 Å². The van der Waals surface area contributed by atoms with Crippen molar-refractivity contribution in [3.63, 3.8) is 0 Å². The maximum Gasteiger partial charge on any atom is 0.0499 e. The quantitative estimate of drug-likeness (QED) is 0.799. The van der Waals surface area contributed by atoms with E-state index in [2.05, 4.69) is 15.1 Å². The summed E-state index contributed by atoms with van der Waals surface area (Å²) in [5.41, 5.74) is 1.00. The van der Waals surface area contributed by atoms with E-state index >= 15 is 0 Å². The van der Waals surface area contributed by atoms with E-state index in [9.17, 15) is 5.11 Å². The molecular weight excluding hydrogens is 274 g/mol. The normalized spacial score (nSPS) is 32.0. The monoisotopic (exact) mass is 307 g/mol. The molecule has 0 bridgehead atoms. The highest BCUT2D eigenvalue weighted by atomic mass is 16.3. The van der Waals surface area contributed by atoms with Gasteiger partial charge in [-0.25, -0.2) is 0 Å². The third-order valence-corrected chi connectivity index (χ3v) is 6.94. The number of aliphatic hydroxyl groups is 1. The standard InChI is InChI=1S/C18H33N3O/c22-15-18(1-2-18)14-21-7-3-17(4-8-21)11-16(12-17)13-20-9-5-19-6-10-20/h16,19,22H,1-15H2. The summed E-state index contributed by atoms with van der Waals surface area (Å²) in [6.45, 7) is 10.3. The van der Waals surface area contributed by atoms with Gasteiger partial charge in [-0.15, -0.1) is 0 Å². The predicted molar refractivity (Wildman–Crippen MR) is 88.9 cm³/mol. The Kier molecular flexibility index (Phi) is 4.22. The van der Waals surface area contributed by atoms with E-state index in [0.717, 1.165) is 12.5 Å². The minimum atomic E-state index is 0.301. The van der Waals surface area contributed by atoms with Crippen molar-refractivity contribution >= 4 is 0 Å². The lowest BCUT2D eigenvalue weighted by Gasteiger charge is -2.53. The number of nitrogens with one attached hydrogen (secondary N) is 1. The van der Waals surface area contributed by atoms with Crippen LogP contribution in [0.15, 0.2) is 0 Å². The number of rotatable bonds is 5. The average molecular weight is 307 g/mol. The minimum absolute atomic E-state index is 0.301. The maximum atomic E-state index is 9.50. The Bertz CT molecular complexity index is 374. The second-order valence-electron chi connectivity index (χ2n) is 8.76. The molecule has 2 heterocycles. The highest BCUT2D eigenvalue weighted by molar-refractivity contribution is 5.00. The molecule has 0 atom stereocenters. The number of likely N-dealkylation sites (tertiary alicyclic amines) is 1. The van der Waals surface area contributed by atoms with Crippen molar-refractivity contribution in [3.05, 3.63) is 0 Å². The molecule has 4 aliphatic rings. The maximum absolute atomic E-state index is 9.50. The van der Waals surface area contributed by atoms with Gasteiger partial charge in [0.1, 0.15) is 0 Å². The van der Waals surface area contributed by atoms with Crippen LogP contribution in [0.3, 0.4) is 0 Å².